The molecule has 0 saturated carbocycles. The first-order chi connectivity index (χ1) is 11.4. The van der Waals surface area contributed by atoms with Gasteiger partial charge in [-0.1, -0.05) is 0 Å². The predicted molar refractivity (Wildman–Crippen MR) is 96.8 cm³/mol. The van der Waals surface area contributed by atoms with Crippen LogP contribution in [0.1, 0.15) is 30.4 Å². The van der Waals surface area contributed by atoms with Crippen molar-refractivity contribution in [2.45, 2.75) is 0 Å². The Morgan fingerprint density at radius 2 is 1.71 bits per heavy atom. The highest BCUT2D eigenvalue weighted by Crippen LogP contribution is 2.33. The van der Waals surface area contributed by atoms with Gasteiger partial charge in [0.2, 0.25) is 0 Å². The summed E-state index contributed by atoms with van der Waals surface area (Å²) in [5, 5.41) is 2.62. The minimum atomic E-state index is -0.629. The second-order valence-electron chi connectivity index (χ2n) is 4.43. The molecule has 0 fully saturated rings. The second kappa shape index (κ2) is 7.91. The highest BCUT2D eigenvalue weighted by atomic mass is 79.9. The van der Waals surface area contributed by atoms with Crippen LogP contribution in [0.2, 0.25) is 0 Å². The Hall–Kier alpha value is -1.71. The summed E-state index contributed by atoms with van der Waals surface area (Å²) in [5.41, 5.74) is 0.498. The number of esters is 2. The lowest BCUT2D eigenvalue weighted by Gasteiger charge is -2.10. The van der Waals surface area contributed by atoms with Gasteiger partial charge in [0.05, 0.1) is 39.7 Å². The van der Waals surface area contributed by atoms with E-state index in [2.05, 4.69) is 41.9 Å². The summed E-state index contributed by atoms with van der Waals surface area (Å²) >= 11 is 7.85. The van der Waals surface area contributed by atoms with Crippen molar-refractivity contribution in [3.8, 4) is 0 Å². The van der Waals surface area contributed by atoms with E-state index in [1.54, 1.807) is 6.07 Å². The Kier molecular flexibility index (Phi) is 6.14. The van der Waals surface area contributed by atoms with Gasteiger partial charge in [0, 0.05) is 4.47 Å². The molecule has 1 heterocycles. The molecule has 0 bridgehead atoms. The van der Waals surface area contributed by atoms with Crippen molar-refractivity contribution >= 4 is 66.7 Å². The summed E-state index contributed by atoms with van der Waals surface area (Å²) < 4.78 is 10.9. The number of carbonyl (C=O) groups excluding carboxylic acids is 3. The van der Waals surface area contributed by atoms with E-state index in [0.29, 0.717) is 4.88 Å². The maximum absolute atomic E-state index is 12.4. The Balaban J connectivity index is 2.39. The van der Waals surface area contributed by atoms with Crippen LogP contribution in [0.5, 0.6) is 0 Å². The van der Waals surface area contributed by atoms with Crippen LogP contribution in [-0.2, 0) is 9.47 Å². The van der Waals surface area contributed by atoms with Gasteiger partial charge in [-0.2, -0.15) is 0 Å². The van der Waals surface area contributed by atoms with Crippen LogP contribution in [0, 0.1) is 0 Å². The number of rotatable bonds is 4. The number of halogens is 2. The third-order valence-electron chi connectivity index (χ3n) is 2.96. The summed E-state index contributed by atoms with van der Waals surface area (Å²) in [6.45, 7) is 0. The molecule has 24 heavy (non-hydrogen) atoms. The fourth-order valence-electron chi connectivity index (χ4n) is 1.82. The van der Waals surface area contributed by atoms with E-state index in [9.17, 15) is 14.4 Å². The Morgan fingerprint density at radius 1 is 1.04 bits per heavy atom. The van der Waals surface area contributed by atoms with Crippen molar-refractivity contribution in [1.29, 1.82) is 0 Å². The lowest BCUT2D eigenvalue weighted by molar-refractivity contribution is 0.0587. The van der Waals surface area contributed by atoms with Crippen LogP contribution in [0.3, 0.4) is 0 Å². The number of ether oxygens (including phenoxy) is 2. The van der Waals surface area contributed by atoms with E-state index in [4.69, 9.17) is 4.74 Å². The third-order valence-corrected chi connectivity index (χ3v) is 6.22. The van der Waals surface area contributed by atoms with E-state index < -0.39 is 17.8 Å². The zero-order chi connectivity index (χ0) is 17.9. The summed E-state index contributed by atoms with van der Waals surface area (Å²) in [6.07, 6.45) is 0. The number of methoxy groups -OCH3 is 2. The van der Waals surface area contributed by atoms with Crippen LogP contribution in [-0.4, -0.2) is 32.1 Å². The van der Waals surface area contributed by atoms with Crippen LogP contribution in [0.25, 0.3) is 0 Å². The summed E-state index contributed by atoms with van der Waals surface area (Å²) in [4.78, 5) is 36.3. The summed E-state index contributed by atoms with van der Waals surface area (Å²) in [6, 6.07) is 5.83. The molecule has 1 aromatic carbocycles. The molecule has 0 radical (unpaired) electrons. The lowest BCUT2D eigenvalue weighted by Crippen LogP contribution is -2.15. The SMILES string of the molecule is COC(=O)c1ccc(C(=O)OC)c(NC(=O)c2cc(Br)c(Br)s2)c1. The molecule has 0 spiro atoms. The average molecular weight is 477 g/mol. The Labute approximate surface area is 158 Å². The number of amides is 1. The van der Waals surface area contributed by atoms with E-state index in [1.165, 1.54) is 43.8 Å². The van der Waals surface area contributed by atoms with Crippen molar-refractivity contribution in [1.82, 2.24) is 0 Å². The molecule has 126 valence electrons. The summed E-state index contributed by atoms with van der Waals surface area (Å²) in [5.74, 6) is -1.63. The second-order valence-corrected chi connectivity index (χ2v) is 7.65. The molecular formula is C15H11Br2NO5S. The predicted octanol–water partition coefficient (Wildman–Crippen LogP) is 4.10. The van der Waals surface area contributed by atoms with Crippen molar-refractivity contribution < 1.29 is 23.9 Å². The largest absolute Gasteiger partial charge is 0.465 e. The molecule has 0 unspecified atom stereocenters. The van der Waals surface area contributed by atoms with Gasteiger partial charge in [-0.3, -0.25) is 4.79 Å². The van der Waals surface area contributed by atoms with Gasteiger partial charge in [-0.15, -0.1) is 11.3 Å². The maximum atomic E-state index is 12.4. The van der Waals surface area contributed by atoms with Crippen LogP contribution in [0.4, 0.5) is 5.69 Å². The van der Waals surface area contributed by atoms with Crippen molar-refractivity contribution in [2.24, 2.45) is 0 Å². The number of hydrogen-bond acceptors (Lipinski definition) is 6. The molecule has 2 aromatic rings. The molecule has 9 heteroatoms. The first-order valence-corrected chi connectivity index (χ1v) is 8.84. The van der Waals surface area contributed by atoms with Crippen molar-refractivity contribution in [3.63, 3.8) is 0 Å². The fourth-order valence-corrected chi connectivity index (χ4v) is 3.75. The number of anilines is 1. The molecule has 2 rings (SSSR count). The average Bonchev–Trinajstić information content (AvgIpc) is 2.92. The molecule has 6 nitrogen and oxygen atoms in total. The Morgan fingerprint density at radius 3 is 2.25 bits per heavy atom. The first kappa shape index (κ1) is 18.6. The van der Waals surface area contributed by atoms with Gasteiger partial charge < -0.3 is 14.8 Å². The van der Waals surface area contributed by atoms with Gasteiger partial charge in [-0.25, -0.2) is 9.59 Å². The third kappa shape index (κ3) is 4.03. The van der Waals surface area contributed by atoms with Gasteiger partial charge in [0.1, 0.15) is 0 Å². The maximum Gasteiger partial charge on any atom is 0.339 e. The lowest BCUT2D eigenvalue weighted by atomic mass is 10.1. The number of benzene rings is 1. The number of nitrogens with one attached hydrogen (secondary N) is 1. The monoisotopic (exact) mass is 475 g/mol. The van der Waals surface area contributed by atoms with Gasteiger partial charge in [0.15, 0.2) is 0 Å². The quantitative estimate of drug-likeness (QED) is 0.672. The first-order valence-electron chi connectivity index (χ1n) is 6.44. The normalized spacial score (nSPS) is 10.2. The molecule has 0 aliphatic rings. The van der Waals surface area contributed by atoms with E-state index in [-0.39, 0.29) is 16.8 Å². The smallest absolute Gasteiger partial charge is 0.339 e. The topological polar surface area (TPSA) is 81.7 Å². The fraction of sp³-hybridized carbons (Fsp3) is 0.133. The van der Waals surface area contributed by atoms with E-state index >= 15 is 0 Å². The number of carbonyl (C=O) groups is 3. The molecule has 1 aromatic heterocycles. The zero-order valence-electron chi connectivity index (χ0n) is 12.5. The van der Waals surface area contributed by atoms with E-state index in [1.807, 2.05) is 0 Å². The molecule has 0 saturated heterocycles. The minimum absolute atomic E-state index is 0.133. The molecule has 1 N–H and O–H groups in total. The van der Waals surface area contributed by atoms with E-state index in [0.717, 1.165) is 8.26 Å². The minimum Gasteiger partial charge on any atom is -0.465 e. The van der Waals surface area contributed by atoms with Crippen LogP contribution in [0.15, 0.2) is 32.5 Å². The molecule has 1 amide bonds. The standard InChI is InChI=1S/C15H11Br2NO5S/c1-22-14(20)7-3-4-8(15(21)23-2)10(5-7)18-13(19)11-6-9(16)12(17)24-11/h3-6H,1-2H3,(H,18,19). The molecule has 0 aliphatic carbocycles. The molecule has 0 aliphatic heterocycles. The van der Waals surface area contributed by atoms with Crippen LogP contribution >= 0.6 is 43.2 Å². The highest BCUT2D eigenvalue weighted by molar-refractivity contribution is 9.13. The van der Waals surface area contributed by atoms with Gasteiger partial charge in [0.25, 0.3) is 5.91 Å². The number of thiophene rings is 1. The van der Waals surface area contributed by atoms with Crippen molar-refractivity contribution in [2.75, 3.05) is 19.5 Å². The highest BCUT2D eigenvalue weighted by Gasteiger charge is 2.19. The molecular weight excluding hydrogens is 466 g/mol. The zero-order valence-corrected chi connectivity index (χ0v) is 16.5. The molecule has 0 atom stereocenters. The Bertz CT molecular complexity index is 799. The van der Waals surface area contributed by atoms with Crippen LogP contribution < -0.4 is 5.32 Å². The van der Waals surface area contributed by atoms with Crippen molar-refractivity contribution in [3.05, 3.63) is 48.5 Å². The van der Waals surface area contributed by atoms with Gasteiger partial charge >= 0.3 is 11.9 Å². The number of hydrogen-bond donors (Lipinski definition) is 1. The van der Waals surface area contributed by atoms with Gasteiger partial charge in [-0.05, 0) is 56.1 Å². The summed E-state index contributed by atoms with van der Waals surface area (Å²) in [7, 11) is 2.48.